The number of nitrogens with zero attached hydrogens (tertiary/aromatic N) is 4. The molecular weight excluding hydrogens is 278 g/mol. The van der Waals surface area contributed by atoms with E-state index in [1.807, 2.05) is 13.8 Å². The van der Waals surface area contributed by atoms with Crippen molar-refractivity contribution in [1.82, 2.24) is 18.7 Å². The van der Waals surface area contributed by atoms with Crippen LogP contribution < -0.4 is 16.6 Å². The lowest BCUT2D eigenvalue weighted by atomic mass is 10.4. The molecule has 0 aromatic carbocycles. The van der Waals surface area contributed by atoms with Crippen molar-refractivity contribution in [1.29, 1.82) is 0 Å². The summed E-state index contributed by atoms with van der Waals surface area (Å²) >= 11 is 1.22. The summed E-state index contributed by atoms with van der Waals surface area (Å²) in [7, 11) is 0. The Kier molecular flexibility index (Phi) is 4.67. The van der Waals surface area contributed by atoms with Crippen LogP contribution in [0.3, 0.4) is 0 Å². The highest BCUT2D eigenvalue weighted by Gasteiger charge is 2.11. The molecule has 0 saturated carbocycles. The van der Waals surface area contributed by atoms with Crippen molar-refractivity contribution in [3.8, 4) is 0 Å². The van der Waals surface area contributed by atoms with Gasteiger partial charge in [0, 0.05) is 36.9 Å². The average Bonchev–Trinajstić information content (AvgIpc) is 2.86. The van der Waals surface area contributed by atoms with Crippen LogP contribution in [0.4, 0.5) is 5.00 Å². The van der Waals surface area contributed by atoms with E-state index in [1.165, 1.54) is 32.9 Å². The van der Waals surface area contributed by atoms with Crippen LogP contribution in [0.2, 0.25) is 0 Å². The Morgan fingerprint density at radius 1 is 1.35 bits per heavy atom. The SMILES string of the molecule is CCCn1ccc(=O)n(Cc2nnsc2NCC)c1=O. The quantitative estimate of drug-likeness (QED) is 0.850. The van der Waals surface area contributed by atoms with Gasteiger partial charge in [-0.2, -0.15) is 0 Å². The lowest BCUT2D eigenvalue weighted by molar-refractivity contribution is 0.567. The second-order valence-corrected chi connectivity index (χ2v) is 5.05. The zero-order chi connectivity index (χ0) is 14.5. The van der Waals surface area contributed by atoms with Gasteiger partial charge >= 0.3 is 5.69 Å². The van der Waals surface area contributed by atoms with Gasteiger partial charge in [-0.25, -0.2) is 4.79 Å². The maximum Gasteiger partial charge on any atom is 0.331 e. The van der Waals surface area contributed by atoms with E-state index in [-0.39, 0.29) is 17.8 Å². The van der Waals surface area contributed by atoms with Gasteiger partial charge in [-0.05, 0) is 13.3 Å². The molecule has 108 valence electrons. The van der Waals surface area contributed by atoms with Crippen molar-refractivity contribution in [2.75, 3.05) is 11.9 Å². The highest BCUT2D eigenvalue weighted by Crippen LogP contribution is 2.17. The van der Waals surface area contributed by atoms with Gasteiger partial charge in [-0.3, -0.25) is 9.36 Å². The standard InChI is InChI=1S/C12H17N5O2S/c1-3-6-16-7-5-10(18)17(12(16)19)8-9-11(13-4-2)20-15-14-9/h5,7,13H,3-4,6,8H2,1-2H3. The Labute approximate surface area is 120 Å². The van der Waals surface area contributed by atoms with Crippen molar-refractivity contribution in [3.05, 3.63) is 38.8 Å². The Bertz CT molecular complexity index is 688. The largest absolute Gasteiger partial charge is 0.374 e. The van der Waals surface area contributed by atoms with Crippen LogP contribution in [0.15, 0.2) is 21.9 Å². The molecule has 0 aliphatic carbocycles. The molecular formula is C12H17N5O2S. The van der Waals surface area contributed by atoms with E-state index < -0.39 is 0 Å². The van der Waals surface area contributed by atoms with Gasteiger partial charge < -0.3 is 9.88 Å². The van der Waals surface area contributed by atoms with Crippen LogP contribution in [-0.2, 0) is 13.1 Å². The summed E-state index contributed by atoms with van der Waals surface area (Å²) in [5.41, 5.74) is -0.0158. The van der Waals surface area contributed by atoms with E-state index >= 15 is 0 Å². The average molecular weight is 295 g/mol. The Morgan fingerprint density at radius 2 is 2.15 bits per heavy atom. The molecule has 0 unspecified atom stereocenters. The fraction of sp³-hybridized carbons (Fsp3) is 0.500. The molecule has 0 spiro atoms. The van der Waals surface area contributed by atoms with Crippen LogP contribution in [0.5, 0.6) is 0 Å². The zero-order valence-electron chi connectivity index (χ0n) is 11.5. The Balaban J connectivity index is 2.38. The molecule has 8 heteroatoms. The molecule has 0 bridgehead atoms. The van der Waals surface area contributed by atoms with Crippen LogP contribution >= 0.6 is 11.5 Å². The molecule has 7 nitrogen and oxygen atoms in total. The minimum Gasteiger partial charge on any atom is -0.374 e. The van der Waals surface area contributed by atoms with Gasteiger partial charge in [0.05, 0.1) is 6.54 Å². The smallest absolute Gasteiger partial charge is 0.331 e. The van der Waals surface area contributed by atoms with E-state index in [9.17, 15) is 9.59 Å². The fourth-order valence-electron chi connectivity index (χ4n) is 1.87. The van der Waals surface area contributed by atoms with Crippen LogP contribution in [0, 0.1) is 0 Å². The summed E-state index contributed by atoms with van der Waals surface area (Å²) in [5.74, 6) is 0. The number of nitrogens with one attached hydrogen (secondary N) is 1. The number of anilines is 1. The monoisotopic (exact) mass is 295 g/mol. The molecule has 0 amide bonds. The molecule has 1 N–H and O–H groups in total. The van der Waals surface area contributed by atoms with Gasteiger partial charge in [-0.1, -0.05) is 11.4 Å². The molecule has 0 saturated heterocycles. The Hall–Kier alpha value is -1.96. The minimum absolute atomic E-state index is 0.140. The van der Waals surface area contributed by atoms with Crippen LogP contribution in [0.1, 0.15) is 26.0 Å². The van der Waals surface area contributed by atoms with E-state index in [0.29, 0.717) is 12.2 Å². The fourth-order valence-corrected chi connectivity index (χ4v) is 2.51. The summed E-state index contributed by atoms with van der Waals surface area (Å²) in [5, 5.41) is 7.91. The summed E-state index contributed by atoms with van der Waals surface area (Å²) in [6, 6.07) is 1.41. The molecule has 0 atom stereocenters. The van der Waals surface area contributed by atoms with Gasteiger partial charge in [0.15, 0.2) is 0 Å². The maximum atomic E-state index is 12.2. The third-order valence-corrected chi connectivity index (χ3v) is 3.53. The van der Waals surface area contributed by atoms with E-state index in [4.69, 9.17) is 0 Å². The van der Waals surface area contributed by atoms with Crippen molar-refractivity contribution in [2.24, 2.45) is 0 Å². The number of rotatable bonds is 6. The van der Waals surface area contributed by atoms with Crippen LogP contribution in [-0.4, -0.2) is 25.3 Å². The first kappa shape index (κ1) is 14.4. The summed E-state index contributed by atoms with van der Waals surface area (Å²) in [4.78, 5) is 24.1. The predicted octanol–water partition coefficient (Wildman–Crippen LogP) is 0.752. The number of hydrogen-bond donors (Lipinski definition) is 1. The maximum absolute atomic E-state index is 12.2. The molecule has 0 fully saturated rings. The van der Waals surface area contributed by atoms with E-state index in [0.717, 1.165) is 18.0 Å². The van der Waals surface area contributed by atoms with Gasteiger partial charge in [0.25, 0.3) is 5.56 Å². The topological polar surface area (TPSA) is 81.8 Å². The van der Waals surface area contributed by atoms with Gasteiger partial charge in [-0.15, -0.1) is 5.10 Å². The lowest BCUT2D eigenvalue weighted by Crippen LogP contribution is -2.39. The molecule has 2 aromatic heterocycles. The van der Waals surface area contributed by atoms with Crippen LogP contribution in [0.25, 0.3) is 0 Å². The molecule has 0 aliphatic heterocycles. The van der Waals surface area contributed by atoms with Gasteiger partial charge in [0.2, 0.25) is 0 Å². The number of hydrogen-bond acceptors (Lipinski definition) is 6. The summed E-state index contributed by atoms with van der Waals surface area (Å²) < 4.78 is 6.58. The first-order chi connectivity index (χ1) is 9.67. The predicted molar refractivity (Wildman–Crippen MR) is 78.4 cm³/mol. The van der Waals surface area contributed by atoms with Crippen molar-refractivity contribution < 1.29 is 0 Å². The third-order valence-electron chi connectivity index (χ3n) is 2.81. The molecule has 0 radical (unpaired) electrons. The highest BCUT2D eigenvalue weighted by molar-refractivity contribution is 7.10. The zero-order valence-corrected chi connectivity index (χ0v) is 12.3. The summed E-state index contributed by atoms with van der Waals surface area (Å²) in [6.45, 7) is 5.41. The normalized spacial score (nSPS) is 10.7. The first-order valence-electron chi connectivity index (χ1n) is 6.52. The molecule has 2 heterocycles. The van der Waals surface area contributed by atoms with Crippen molar-refractivity contribution in [2.45, 2.75) is 33.4 Å². The van der Waals surface area contributed by atoms with E-state index in [2.05, 4.69) is 14.9 Å². The van der Waals surface area contributed by atoms with Crippen molar-refractivity contribution >= 4 is 16.5 Å². The lowest BCUT2D eigenvalue weighted by Gasteiger charge is -2.08. The second kappa shape index (κ2) is 6.47. The van der Waals surface area contributed by atoms with Crippen molar-refractivity contribution in [3.63, 3.8) is 0 Å². The molecule has 2 aromatic rings. The van der Waals surface area contributed by atoms with E-state index in [1.54, 1.807) is 0 Å². The molecule has 20 heavy (non-hydrogen) atoms. The first-order valence-corrected chi connectivity index (χ1v) is 7.30. The number of aryl methyl sites for hydroxylation is 1. The summed E-state index contributed by atoms with van der Waals surface area (Å²) in [6.07, 6.45) is 2.37. The highest BCUT2D eigenvalue weighted by atomic mass is 32.1. The Morgan fingerprint density at radius 3 is 2.85 bits per heavy atom. The second-order valence-electron chi connectivity index (χ2n) is 4.30. The van der Waals surface area contributed by atoms with Gasteiger partial charge in [0.1, 0.15) is 10.7 Å². The molecule has 0 aliphatic rings. The molecule has 2 rings (SSSR count). The minimum atomic E-state index is -0.321. The third kappa shape index (κ3) is 2.96. The number of aromatic nitrogens is 4.